The number of carbonyl (C=O) groups is 3. The minimum atomic E-state index is -4.46. The van der Waals surface area contributed by atoms with E-state index in [1.807, 2.05) is 0 Å². The van der Waals surface area contributed by atoms with Crippen LogP contribution in [0.5, 0.6) is 0 Å². The molecule has 0 bridgehead atoms. The molecular weight excluding hydrogens is 420 g/mol. The van der Waals surface area contributed by atoms with Crippen LogP contribution in [0.15, 0.2) is 48.5 Å². The first kappa shape index (κ1) is 22.1. The molecule has 11 heteroatoms. The van der Waals surface area contributed by atoms with E-state index in [0.29, 0.717) is 10.5 Å². The molecule has 164 valence electrons. The Balaban J connectivity index is 1.71. The van der Waals surface area contributed by atoms with Crippen molar-refractivity contribution in [3.63, 3.8) is 0 Å². The summed E-state index contributed by atoms with van der Waals surface area (Å²) in [6.07, 6.45) is -4.46. The maximum Gasteiger partial charge on any atom is 0.405 e. The molecule has 3 rings (SSSR count). The Bertz CT molecular complexity index is 1010. The van der Waals surface area contributed by atoms with Gasteiger partial charge in [-0.25, -0.2) is 9.18 Å². The third-order valence-corrected chi connectivity index (χ3v) is 4.68. The zero-order valence-corrected chi connectivity index (χ0v) is 16.2. The normalized spacial score (nSPS) is 18.7. The number of nitrogens with one attached hydrogen (secondary N) is 3. The highest BCUT2D eigenvalue weighted by Gasteiger charge is 2.49. The molecule has 1 fully saturated rings. The maximum atomic E-state index is 13.2. The van der Waals surface area contributed by atoms with Crippen LogP contribution in [-0.4, -0.2) is 42.0 Å². The predicted molar refractivity (Wildman–Crippen MR) is 104 cm³/mol. The van der Waals surface area contributed by atoms with Gasteiger partial charge in [-0.15, -0.1) is 0 Å². The van der Waals surface area contributed by atoms with Crippen LogP contribution >= 0.6 is 0 Å². The number of amides is 4. The number of nitrogens with zero attached hydrogens (tertiary/aromatic N) is 1. The lowest BCUT2D eigenvalue weighted by Crippen LogP contribution is -2.42. The van der Waals surface area contributed by atoms with Crippen LogP contribution in [0.1, 0.15) is 12.5 Å². The highest BCUT2D eigenvalue weighted by atomic mass is 19.4. The molecule has 31 heavy (non-hydrogen) atoms. The van der Waals surface area contributed by atoms with Gasteiger partial charge in [0.15, 0.2) is 0 Å². The van der Waals surface area contributed by atoms with E-state index < -0.39 is 48.5 Å². The largest absolute Gasteiger partial charge is 0.405 e. The molecule has 2 aromatic rings. The fourth-order valence-electron chi connectivity index (χ4n) is 3.09. The minimum Gasteiger partial charge on any atom is -0.375 e. The Hall–Kier alpha value is -3.63. The third kappa shape index (κ3) is 4.93. The van der Waals surface area contributed by atoms with Crippen molar-refractivity contribution in [1.29, 1.82) is 0 Å². The van der Waals surface area contributed by atoms with E-state index in [4.69, 9.17) is 0 Å². The molecule has 1 aliphatic rings. The van der Waals surface area contributed by atoms with Crippen molar-refractivity contribution in [3.05, 3.63) is 59.9 Å². The van der Waals surface area contributed by atoms with Crippen LogP contribution in [0.3, 0.4) is 0 Å². The Kier molecular flexibility index (Phi) is 5.87. The van der Waals surface area contributed by atoms with Gasteiger partial charge in [-0.1, -0.05) is 24.3 Å². The minimum absolute atomic E-state index is 0.0292. The average Bonchev–Trinajstić information content (AvgIpc) is 2.91. The first-order valence-electron chi connectivity index (χ1n) is 9.09. The summed E-state index contributed by atoms with van der Waals surface area (Å²) in [6, 6.07) is 9.87. The van der Waals surface area contributed by atoms with Gasteiger partial charge in [0.25, 0.3) is 5.91 Å². The van der Waals surface area contributed by atoms with Crippen molar-refractivity contribution >= 4 is 29.2 Å². The zero-order valence-electron chi connectivity index (χ0n) is 16.2. The van der Waals surface area contributed by atoms with E-state index >= 15 is 0 Å². The Morgan fingerprint density at radius 2 is 1.68 bits per heavy atom. The van der Waals surface area contributed by atoms with Gasteiger partial charge in [0.2, 0.25) is 5.91 Å². The van der Waals surface area contributed by atoms with Crippen molar-refractivity contribution in [2.24, 2.45) is 0 Å². The van der Waals surface area contributed by atoms with Crippen LogP contribution < -0.4 is 16.0 Å². The zero-order chi connectivity index (χ0) is 22.8. The molecule has 7 nitrogen and oxygen atoms in total. The second kappa shape index (κ2) is 8.25. The van der Waals surface area contributed by atoms with Gasteiger partial charge in [0.05, 0.1) is 11.4 Å². The maximum absolute atomic E-state index is 13.2. The lowest BCUT2D eigenvalue weighted by Gasteiger charge is -2.22. The van der Waals surface area contributed by atoms with Gasteiger partial charge >= 0.3 is 12.2 Å². The standard InChI is InChI=1S/C20H18F4N4O3/c1-19(12-6-8-13(21)9-7-12)17(30)28(18(31)27-19)10-16(29)26-15-5-3-2-4-14(15)25-11-20(22,23)24/h2-9,25H,10-11H2,1H3,(H,26,29)(H,27,31). The highest BCUT2D eigenvalue weighted by molar-refractivity contribution is 6.10. The summed E-state index contributed by atoms with van der Waals surface area (Å²) < 4.78 is 50.6. The number of hydrogen-bond acceptors (Lipinski definition) is 4. The van der Waals surface area contributed by atoms with Crippen LogP contribution in [0.4, 0.5) is 33.7 Å². The summed E-state index contributed by atoms with van der Waals surface area (Å²) in [5.41, 5.74) is -1.07. The molecule has 0 radical (unpaired) electrons. The summed E-state index contributed by atoms with van der Waals surface area (Å²) >= 11 is 0. The number of rotatable bonds is 6. The number of benzene rings is 2. The first-order valence-corrected chi connectivity index (χ1v) is 9.09. The second-order valence-electron chi connectivity index (χ2n) is 7.02. The molecule has 0 saturated carbocycles. The molecule has 4 amide bonds. The van der Waals surface area contributed by atoms with Crippen molar-refractivity contribution in [1.82, 2.24) is 10.2 Å². The molecule has 1 aliphatic heterocycles. The topological polar surface area (TPSA) is 90.5 Å². The smallest absolute Gasteiger partial charge is 0.375 e. The van der Waals surface area contributed by atoms with Gasteiger partial charge in [-0.05, 0) is 36.8 Å². The molecule has 0 aromatic heterocycles. The fourth-order valence-corrected chi connectivity index (χ4v) is 3.09. The molecular formula is C20H18F4N4O3. The number of carbonyl (C=O) groups excluding carboxylic acids is 3. The number of hydrogen-bond donors (Lipinski definition) is 3. The second-order valence-corrected chi connectivity index (χ2v) is 7.02. The molecule has 0 aliphatic carbocycles. The number of urea groups is 1. The number of halogens is 4. The monoisotopic (exact) mass is 438 g/mol. The number of anilines is 2. The van der Waals surface area contributed by atoms with E-state index in [1.165, 1.54) is 43.3 Å². The Morgan fingerprint density at radius 3 is 2.29 bits per heavy atom. The SMILES string of the molecule is CC1(c2ccc(F)cc2)NC(=O)N(CC(=O)Nc2ccccc2NCC(F)(F)F)C1=O. The molecule has 2 aromatic carbocycles. The Morgan fingerprint density at radius 1 is 1.06 bits per heavy atom. The fraction of sp³-hybridized carbons (Fsp3) is 0.250. The van der Waals surface area contributed by atoms with E-state index in [-0.39, 0.29) is 11.4 Å². The summed E-state index contributed by atoms with van der Waals surface area (Å²) in [6.45, 7) is -0.535. The summed E-state index contributed by atoms with van der Waals surface area (Å²) in [5.74, 6) is -2.02. The number of para-hydroxylation sites is 2. The predicted octanol–water partition coefficient (Wildman–Crippen LogP) is 3.21. The lowest BCUT2D eigenvalue weighted by molar-refractivity contribution is -0.133. The molecule has 1 atom stereocenters. The average molecular weight is 438 g/mol. The van der Waals surface area contributed by atoms with Gasteiger partial charge in [0.1, 0.15) is 24.4 Å². The van der Waals surface area contributed by atoms with Crippen molar-refractivity contribution in [2.45, 2.75) is 18.6 Å². The van der Waals surface area contributed by atoms with Crippen molar-refractivity contribution < 1.29 is 31.9 Å². The van der Waals surface area contributed by atoms with E-state index in [2.05, 4.69) is 16.0 Å². The van der Waals surface area contributed by atoms with E-state index in [9.17, 15) is 31.9 Å². The van der Waals surface area contributed by atoms with E-state index in [0.717, 1.165) is 12.1 Å². The van der Waals surface area contributed by atoms with Crippen LogP contribution in [-0.2, 0) is 15.1 Å². The van der Waals surface area contributed by atoms with Gasteiger partial charge < -0.3 is 16.0 Å². The molecule has 1 unspecified atom stereocenters. The molecule has 0 spiro atoms. The highest BCUT2D eigenvalue weighted by Crippen LogP contribution is 2.29. The molecule has 1 heterocycles. The van der Waals surface area contributed by atoms with Gasteiger partial charge in [-0.2, -0.15) is 13.2 Å². The summed E-state index contributed by atoms with van der Waals surface area (Å²) in [4.78, 5) is 38.2. The van der Waals surface area contributed by atoms with Crippen molar-refractivity contribution in [2.75, 3.05) is 23.7 Å². The molecule has 1 saturated heterocycles. The van der Waals surface area contributed by atoms with E-state index in [1.54, 1.807) is 0 Å². The van der Waals surface area contributed by atoms with Gasteiger partial charge in [-0.3, -0.25) is 14.5 Å². The quantitative estimate of drug-likeness (QED) is 0.477. The summed E-state index contributed by atoms with van der Waals surface area (Å²) in [5, 5.41) is 7.06. The van der Waals surface area contributed by atoms with Crippen LogP contribution in [0.25, 0.3) is 0 Å². The number of alkyl halides is 3. The summed E-state index contributed by atoms with van der Waals surface area (Å²) in [7, 11) is 0. The van der Waals surface area contributed by atoms with Crippen LogP contribution in [0, 0.1) is 5.82 Å². The third-order valence-electron chi connectivity index (χ3n) is 4.68. The van der Waals surface area contributed by atoms with Crippen molar-refractivity contribution in [3.8, 4) is 0 Å². The first-order chi connectivity index (χ1) is 14.5. The number of imide groups is 1. The Labute approximate surface area is 174 Å². The van der Waals surface area contributed by atoms with Crippen LogP contribution in [0.2, 0.25) is 0 Å². The molecule has 3 N–H and O–H groups in total. The van der Waals surface area contributed by atoms with Gasteiger partial charge in [0, 0.05) is 0 Å². The lowest BCUT2D eigenvalue weighted by atomic mass is 9.92.